The van der Waals surface area contributed by atoms with Crippen molar-refractivity contribution in [2.45, 2.75) is 17.9 Å². The maximum atomic E-state index is 4.91. The quantitative estimate of drug-likeness (QED) is 0.513. The third-order valence-corrected chi connectivity index (χ3v) is 5.44. The number of aromatic amines is 1. The highest BCUT2D eigenvalue weighted by molar-refractivity contribution is 8.01. The minimum Gasteiger partial charge on any atom is -0.358 e. The van der Waals surface area contributed by atoms with E-state index in [1.165, 1.54) is 6.33 Å². The highest BCUT2D eigenvalue weighted by Gasteiger charge is 2.27. The maximum Gasteiger partial charge on any atom is 0.162 e. The molecule has 0 bridgehead atoms. The van der Waals surface area contributed by atoms with Gasteiger partial charge >= 0.3 is 0 Å². The first-order chi connectivity index (χ1) is 13.8. The van der Waals surface area contributed by atoms with E-state index in [1.807, 2.05) is 30.5 Å². The van der Waals surface area contributed by atoms with Gasteiger partial charge in [-0.25, -0.2) is 19.9 Å². The second kappa shape index (κ2) is 6.93. The smallest absolute Gasteiger partial charge is 0.162 e. The van der Waals surface area contributed by atoms with Gasteiger partial charge in [0.05, 0.1) is 28.6 Å². The molecule has 1 aliphatic rings. The molecule has 9 heteroatoms. The zero-order valence-electron chi connectivity index (χ0n) is 14.9. The fourth-order valence-corrected chi connectivity index (χ4v) is 4.04. The lowest BCUT2D eigenvalue weighted by molar-refractivity contribution is 1.00. The van der Waals surface area contributed by atoms with Crippen molar-refractivity contribution in [3.63, 3.8) is 0 Å². The fourth-order valence-electron chi connectivity index (χ4n) is 3.01. The monoisotopic (exact) mass is 388 g/mol. The van der Waals surface area contributed by atoms with Crippen LogP contribution in [0.5, 0.6) is 0 Å². The van der Waals surface area contributed by atoms with E-state index in [2.05, 4.69) is 53.6 Å². The molecule has 1 aromatic carbocycles. The van der Waals surface area contributed by atoms with Crippen LogP contribution in [0.3, 0.4) is 0 Å². The number of para-hydroxylation sites is 1. The number of rotatable bonds is 4. The molecule has 4 aromatic rings. The van der Waals surface area contributed by atoms with E-state index in [1.54, 1.807) is 24.5 Å². The number of fused-ring (bicyclic) bond motifs is 2. The van der Waals surface area contributed by atoms with Gasteiger partial charge in [-0.15, -0.1) is 0 Å². The number of aromatic nitrogens is 5. The van der Waals surface area contributed by atoms with Crippen LogP contribution >= 0.6 is 11.9 Å². The number of nitrogens with one attached hydrogen (secondary N) is 2. The average molecular weight is 388 g/mol. The average Bonchev–Trinajstić information content (AvgIpc) is 3.23. The van der Waals surface area contributed by atoms with Crippen molar-refractivity contribution in [3.8, 4) is 0 Å². The molecule has 8 nitrogen and oxygen atoms in total. The summed E-state index contributed by atoms with van der Waals surface area (Å²) >= 11 is 1.61. The molecule has 1 atom stereocenters. The zero-order valence-corrected chi connectivity index (χ0v) is 15.8. The van der Waals surface area contributed by atoms with Crippen LogP contribution in [0.25, 0.3) is 11.2 Å². The highest BCUT2D eigenvalue weighted by Crippen LogP contribution is 2.40. The second-order valence-corrected chi connectivity index (χ2v) is 7.21. The maximum absolute atomic E-state index is 4.91. The van der Waals surface area contributed by atoms with Crippen molar-refractivity contribution in [1.29, 1.82) is 0 Å². The summed E-state index contributed by atoms with van der Waals surface area (Å²) in [5.41, 5.74) is 3.35. The number of imidazole rings is 1. The van der Waals surface area contributed by atoms with Gasteiger partial charge in [-0.1, -0.05) is 18.2 Å². The lowest BCUT2D eigenvalue weighted by Crippen LogP contribution is -2.39. The van der Waals surface area contributed by atoms with Crippen LogP contribution in [0.4, 0.5) is 17.2 Å². The molecule has 0 radical (unpaired) electrons. The molecule has 28 heavy (non-hydrogen) atoms. The van der Waals surface area contributed by atoms with Gasteiger partial charge < -0.3 is 10.3 Å². The fraction of sp³-hybridized carbons (Fsp3) is 0.105. The van der Waals surface area contributed by atoms with Crippen LogP contribution in [0.1, 0.15) is 6.92 Å². The molecule has 1 aliphatic heterocycles. The van der Waals surface area contributed by atoms with Gasteiger partial charge in [0.25, 0.3) is 0 Å². The van der Waals surface area contributed by atoms with Gasteiger partial charge in [0.2, 0.25) is 0 Å². The van der Waals surface area contributed by atoms with Gasteiger partial charge in [0.1, 0.15) is 17.7 Å². The Balaban J connectivity index is 1.54. The Morgan fingerprint density at radius 2 is 2.00 bits per heavy atom. The third-order valence-electron chi connectivity index (χ3n) is 4.34. The normalized spacial score (nSPS) is 14.5. The summed E-state index contributed by atoms with van der Waals surface area (Å²) in [6, 6.07) is 12.0. The van der Waals surface area contributed by atoms with Crippen molar-refractivity contribution in [2.24, 2.45) is 4.99 Å². The summed E-state index contributed by atoms with van der Waals surface area (Å²) < 4.78 is 2.12. The van der Waals surface area contributed by atoms with Crippen LogP contribution in [0.2, 0.25) is 0 Å². The van der Waals surface area contributed by atoms with Crippen molar-refractivity contribution < 1.29 is 0 Å². The van der Waals surface area contributed by atoms with Crippen molar-refractivity contribution in [2.75, 3.05) is 9.62 Å². The number of hydrogen-bond donors (Lipinski definition) is 2. The van der Waals surface area contributed by atoms with E-state index in [4.69, 9.17) is 4.99 Å². The summed E-state index contributed by atoms with van der Waals surface area (Å²) in [5.74, 6) is 1.54. The third kappa shape index (κ3) is 2.95. The first kappa shape index (κ1) is 16.7. The molecular formula is C19H16N8S. The molecule has 0 fully saturated rings. The minimum absolute atomic E-state index is 0.121. The molecule has 0 aliphatic carbocycles. The standard InChI is InChI=1S/C19H16N8S/c1-12(25-18-16-17(22-10-21-16)23-11-24-18)19-26-14-7-8-20-9-15(14)28-27(19)13-5-3-2-4-6-13/h2-12H,1H3,(H2,21,22,23,24,25)/t12-/m0/s1. The number of pyridine rings is 1. The Hall–Kier alpha value is -3.46. The molecule has 0 saturated carbocycles. The Bertz CT molecular complexity index is 1160. The lowest BCUT2D eigenvalue weighted by Gasteiger charge is -2.32. The SMILES string of the molecule is C[C@H](Nc1ncnc2[nH]cnc12)C1=Nc2ccncc2SN1c1ccccc1. The molecule has 3 aromatic heterocycles. The molecule has 0 amide bonds. The number of H-pyrrole nitrogens is 1. The first-order valence-corrected chi connectivity index (χ1v) is 9.53. The Labute approximate surface area is 165 Å². The summed E-state index contributed by atoms with van der Waals surface area (Å²) in [6.45, 7) is 2.06. The van der Waals surface area contributed by atoms with E-state index in [0.717, 1.165) is 22.1 Å². The Kier molecular flexibility index (Phi) is 4.13. The predicted octanol–water partition coefficient (Wildman–Crippen LogP) is 3.81. The number of nitrogens with zero attached hydrogens (tertiary/aromatic N) is 6. The van der Waals surface area contributed by atoms with Crippen LogP contribution in [0, 0.1) is 0 Å². The van der Waals surface area contributed by atoms with E-state index in [9.17, 15) is 0 Å². The molecular weight excluding hydrogens is 372 g/mol. The van der Waals surface area contributed by atoms with Gasteiger partial charge in [-0.3, -0.25) is 9.29 Å². The minimum atomic E-state index is -0.121. The van der Waals surface area contributed by atoms with Crippen LogP contribution < -0.4 is 9.62 Å². The highest BCUT2D eigenvalue weighted by atomic mass is 32.2. The van der Waals surface area contributed by atoms with E-state index >= 15 is 0 Å². The van der Waals surface area contributed by atoms with Gasteiger partial charge in [-0.2, -0.15) is 0 Å². The number of aliphatic imine (C=N–C) groups is 1. The summed E-state index contributed by atoms with van der Waals surface area (Å²) in [6.07, 6.45) is 6.73. The number of anilines is 2. The molecule has 0 saturated heterocycles. The summed E-state index contributed by atoms with van der Waals surface area (Å²) in [4.78, 5) is 26.0. The lowest BCUT2D eigenvalue weighted by atomic mass is 10.2. The molecule has 4 heterocycles. The Morgan fingerprint density at radius 3 is 2.89 bits per heavy atom. The van der Waals surface area contributed by atoms with Crippen molar-refractivity contribution >= 4 is 46.1 Å². The van der Waals surface area contributed by atoms with Gasteiger partial charge in [0.15, 0.2) is 11.5 Å². The molecule has 0 spiro atoms. The molecule has 5 rings (SSSR count). The second-order valence-electron chi connectivity index (χ2n) is 6.22. The summed E-state index contributed by atoms with van der Waals surface area (Å²) in [7, 11) is 0. The number of benzene rings is 1. The zero-order chi connectivity index (χ0) is 18.9. The topological polar surface area (TPSA) is 95.0 Å². The van der Waals surface area contributed by atoms with E-state index in [-0.39, 0.29) is 6.04 Å². The van der Waals surface area contributed by atoms with Crippen molar-refractivity contribution in [1.82, 2.24) is 24.9 Å². The van der Waals surface area contributed by atoms with Crippen LogP contribution in [0.15, 0.2) is 71.3 Å². The number of amidine groups is 1. The largest absolute Gasteiger partial charge is 0.358 e. The summed E-state index contributed by atoms with van der Waals surface area (Å²) in [5, 5.41) is 3.44. The van der Waals surface area contributed by atoms with Crippen LogP contribution in [-0.2, 0) is 0 Å². The number of hydrogen-bond acceptors (Lipinski definition) is 8. The Morgan fingerprint density at radius 1 is 1.11 bits per heavy atom. The van der Waals surface area contributed by atoms with E-state index < -0.39 is 0 Å². The van der Waals surface area contributed by atoms with Gasteiger partial charge in [-0.05, 0) is 37.1 Å². The predicted molar refractivity (Wildman–Crippen MR) is 111 cm³/mol. The van der Waals surface area contributed by atoms with E-state index in [0.29, 0.717) is 17.0 Å². The van der Waals surface area contributed by atoms with Gasteiger partial charge in [0, 0.05) is 12.4 Å². The molecule has 0 unspecified atom stereocenters. The van der Waals surface area contributed by atoms with Crippen LogP contribution in [-0.4, -0.2) is 36.8 Å². The first-order valence-electron chi connectivity index (χ1n) is 8.76. The molecule has 2 N–H and O–H groups in total. The van der Waals surface area contributed by atoms with Crippen molar-refractivity contribution in [3.05, 3.63) is 61.4 Å². The molecule has 138 valence electrons.